The van der Waals surface area contributed by atoms with Crippen molar-refractivity contribution in [3.8, 4) is 0 Å². The van der Waals surface area contributed by atoms with Gasteiger partial charge >= 0.3 is 0 Å². The van der Waals surface area contributed by atoms with E-state index < -0.39 is 0 Å². The molecular formula is C12H18O. The van der Waals surface area contributed by atoms with Crippen molar-refractivity contribution in [2.75, 3.05) is 0 Å². The van der Waals surface area contributed by atoms with Gasteiger partial charge < -0.3 is 0 Å². The van der Waals surface area contributed by atoms with Crippen molar-refractivity contribution in [1.82, 2.24) is 0 Å². The summed E-state index contributed by atoms with van der Waals surface area (Å²) in [5, 5.41) is 0. The summed E-state index contributed by atoms with van der Waals surface area (Å²) in [5.74, 6) is 0.493. The summed E-state index contributed by atoms with van der Waals surface area (Å²) in [7, 11) is 0. The molecule has 1 saturated carbocycles. The molecule has 2 aliphatic carbocycles. The van der Waals surface area contributed by atoms with Crippen LogP contribution in [0.1, 0.15) is 52.4 Å². The number of rotatable bonds is 0. The smallest absolute Gasteiger partial charge is 0.142 e. The van der Waals surface area contributed by atoms with Crippen LogP contribution in [0.4, 0.5) is 0 Å². The molecule has 0 bridgehead atoms. The maximum Gasteiger partial charge on any atom is 0.142 e. The molecule has 1 heteroatoms. The van der Waals surface area contributed by atoms with E-state index in [0.717, 1.165) is 19.3 Å². The summed E-state index contributed by atoms with van der Waals surface area (Å²) in [5.41, 5.74) is 2.93. The largest absolute Gasteiger partial charge is 0.299 e. The first-order chi connectivity index (χ1) is 6.14. The molecule has 13 heavy (non-hydrogen) atoms. The SMILES string of the molecule is CC1=C2CCCC(=O)C2(C)CCC1. The van der Waals surface area contributed by atoms with Gasteiger partial charge in [-0.3, -0.25) is 4.79 Å². The third-order valence-electron chi connectivity index (χ3n) is 3.86. The molecule has 0 saturated heterocycles. The normalized spacial score (nSPS) is 34.8. The zero-order chi connectivity index (χ0) is 9.47. The Kier molecular flexibility index (Phi) is 2.05. The van der Waals surface area contributed by atoms with E-state index in [1.165, 1.54) is 30.4 Å². The number of fused-ring (bicyclic) bond motifs is 1. The van der Waals surface area contributed by atoms with Gasteiger partial charge in [0.25, 0.3) is 0 Å². The van der Waals surface area contributed by atoms with Crippen molar-refractivity contribution in [1.29, 1.82) is 0 Å². The van der Waals surface area contributed by atoms with Crippen molar-refractivity contribution in [3.63, 3.8) is 0 Å². The Hall–Kier alpha value is -0.590. The number of hydrogen-bond donors (Lipinski definition) is 0. The van der Waals surface area contributed by atoms with E-state index >= 15 is 0 Å². The van der Waals surface area contributed by atoms with E-state index in [1.807, 2.05) is 0 Å². The van der Waals surface area contributed by atoms with Crippen LogP contribution in [-0.4, -0.2) is 5.78 Å². The van der Waals surface area contributed by atoms with Gasteiger partial charge in [-0.15, -0.1) is 0 Å². The minimum atomic E-state index is -0.0550. The first-order valence-corrected chi connectivity index (χ1v) is 5.37. The molecule has 0 aromatic carbocycles. The Bertz CT molecular complexity index is 275. The van der Waals surface area contributed by atoms with Crippen molar-refractivity contribution in [2.45, 2.75) is 52.4 Å². The van der Waals surface area contributed by atoms with Crippen LogP contribution in [0.3, 0.4) is 0 Å². The minimum absolute atomic E-state index is 0.0550. The lowest BCUT2D eigenvalue weighted by Crippen LogP contribution is -2.36. The number of carbonyl (C=O) groups excluding carboxylic acids is 1. The van der Waals surface area contributed by atoms with Crippen molar-refractivity contribution < 1.29 is 4.79 Å². The third-order valence-corrected chi connectivity index (χ3v) is 3.86. The van der Waals surface area contributed by atoms with Crippen LogP contribution in [0, 0.1) is 5.41 Å². The lowest BCUT2D eigenvalue weighted by Gasteiger charge is -2.39. The summed E-state index contributed by atoms with van der Waals surface area (Å²) in [6.07, 6.45) is 6.59. The standard InChI is InChI=1S/C12H18O/c1-9-5-4-8-12(2)10(9)6-3-7-11(12)13/h3-8H2,1-2H3. The second kappa shape index (κ2) is 2.97. The Labute approximate surface area is 80.2 Å². The molecule has 2 rings (SSSR count). The lowest BCUT2D eigenvalue weighted by molar-refractivity contribution is -0.128. The van der Waals surface area contributed by atoms with Crippen LogP contribution in [-0.2, 0) is 4.79 Å². The highest BCUT2D eigenvalue weighted by Gasteiger charge is 2.41. The van der Waals surface area contributed by atoms with Gasteiger partial charge in [-0.1, -0.05) is 11.1 Å². The van der Waals surface area contributed by atoms with Gasteiger partial charge in [-0.2, -0.15) is 0 Å². The van der Waals surface area contributed by atoms with Gasteiger partial charge in [-0.05, 0) is 46.0 Å². The molecule has 1 atom stereocenters. The molecule has 0 aromatic rings. The van der Waals surface area contributed by atoms with Crippen LogP contribution >= 0.6 is 0 Å². The number of hydrogen-bond acceptors (Lipinski definition) is 1. The molecule has 2 aliphatic rings. The molecule has 0 aliphatic heterocycles. The van der Waals surface area contributed by atoms with Gasteiger partial charge in [0.1, 0.15) is 5.78 Å². The summed E-state index contributed by atoms with van der Waals surface area (Å²) < 4.78 is 0. The van der Waals surface area contributed by atoms with Gasteiger partial charge in [0, 0.05) is 11.8 Å². The van der Waals surface area contributed by atoms with Crippen LogP contribution < -0.4 is 0 Å². The Balaban J connectivity index is 2.43. The average molecular weight is 178 g/mol. The molecule has 0 N–H and O–H groups in total. The highest BCUT2D eigenvalue weighted by Crippen LogP contribution is 2.47. The van der Waals surface area contributed by atoms with Crippen LogP contribution in [0.15, 0.2) is 11.1 Å². The summed E-state index contributed by atoms with van der Waals surface area (Å²) in [6, 6.07) is 0. The van der Waals surface area contributed by atoms with Crippen molar-refractivity contribution >= 4 is 5.78 Å². The van der Waals surface area contributed by atoms with Gasteiger partial charge in [0.05, 0.1) is 0 Å². The Morgan fingerprint density at radius 2 is 1.92 bits per heavy atom. The second-order valence-electron chi connectivity index (χ2n) is 4.72. The predicted octanol–water partition coefficient (Wildman–Crippen LogP) is 3.25. The fraction of sp³-hybridized carbons (Fsp3) is 0.750. The predicted molar refractivity (Wildman–Crippen MR) is 53.5 cm³/mol. The first kappa shape index (κ1) is 8.98. The minimum Gasteiger partial charge on any atom is -0.299 e. The maximum absolute atomic E-state index is 11.9. The zero-order valence-corrected chi connectivity index (χ0v) is 8.65. The molecule has 0 spiro atoms. The molecule has 1 fully saturated rings. The van der Waals surface area contributed by atoms with E-state index in [-0.39, 0.29) is 5.41 Å². The number of Topliss-reactive ketones (excluding diaryl/α,β-unsaturated/α-hetero) is 1. The third kappa shape index (κ3) is 1.25. The van der Waals surface area contributed by atoms with Crippen molar-refractivity contribution in [3.05, 3.63) is 11.1 Å². The lowest BCUT2D eigenvalue weighted by atomic mass is 9.63. The van der Waals surface area contributed by atoms with Gasteiger partial charge in [0.2, 0.25) is 0 Å². The number of ketones is 1. The van der Waals surface area contributed by atoms with E-state index in [0.29, 0.717) is 5.78 Å². The van der Waals surface area contributed by atoms with E-state index in [1.54, 1.807) is 0 Å². The second-order valence-corrected chi connectivity index (χ2v) is 4.72. The highest BCUT2D eigenvalue weighted by atomic mass is 16.1. The zero-order valence-electron chi connectivity index (χ0n) is 8.65. The average Bonchev–Trinajstić information content (AvgIpc) is 2.08. The summed E-state index contributed by atoms with van der Waals surface area (Å²) >= 11 is 0. The van der Waals surface area contributed by atoms with Gasteiger partial charge in [-0.25, -0.2) is 0 Å². The van der Waals surface area contributed by atoms with Gasteiger partial charge in [0.15, 0.2) is 0 Å². The molecule has 0 aromatic heterocycles. The molecule has 0 amide bonds. The monoisotopic (exact) mass is 178 g/mol. The molecule has 1 unspecified atom stereocenters. The maximum atomic E-state index is 11.9. The number of carbonyl (C=O) groups is 1. The topological polar surface area (TPSA) is 17.1 Å². The molecule has 0 heterocycles. The fourth-order valence-electron chi connectivity index (χ4n) is 2.98. The van der Waals surface area contributed by atoms with E-state index in [4.69, 9.17) is 0 Å². The van der Waals surface area contributed by atoms with E-state index in [2.05, 4.69) is 13.8 Å². The summed E-state index contributed by atoms with van der Waals surface area (Å²) in [6.45, 7) is 4.37. The quantitative estimate of drug-likeness (QED) is 0.520. The Morgan fingerprint density at radius 3 is 2.62 bits per heavy atom. The molecule has 0 radical (unpaired) electrons. The fourth-order valence-corrected chi connectivity index (χ4v) is 2.98. The van der Waals surface area contributed by atoms with Crippen LogP contribution in [0.25, 0.3) is 0 Å². The first-order valence-electron chi connectivity index (χ1n) is 5.37. The van der Waals surface area contributed by atoms with Crippen molar-refractivity contribution in [2.24, 2.45) is 5.41 Å². The molecule has 1 nitrogen and oxygen atoms in total. The van der Waals surface area contributed by atoms with Crippen LogP contribution in [0.5, 0.6) is 0 Å². The van der Waals surface area contributed by atoms with E-state index in [9.17, 15) is 4.79 Å². The Morgan fingerprint density at radius 1 is 1.15 bits per heavy atom. The number of allylic oxidation sites excluding steroid dienone is 2. The highest BCUT2D eigenvalue weighted by molar-refractivity contribution is 5.89. The molecule has 72 valence electrons. The molecular weight excluding hydrogens is 160 g/mol. The van der Waals surface area contributed by atoms with Crippen LogP contribution in [0.2, 0.25) is 0 Å². The summed E-state index contributed by atoms with van der Waals surface area (Å²) in [4.78, 5) is 11.9.